The zero-order valence-electron chi connectivity index (χ0n) is 16.5. The van der Waals surface area contributed by atoms with Crippen LogP contribution in [0.3, 0.4) is 0 Å². The van der Waals surface area contributed by atoms with Crippen LogP contribution in [-0.2, 0) is 0 Å². The second-order valence-corrected chi connectivity index (χ2v) is 6.38. The molecule has 0 bridgehead atoms. The number of hydrogen-bond donors (Lipinski definition) is 4. The monoisotopic (exact) mass is 394 g/mol. The van der Waals surface area contributed by atoms with Crippen LogP contribution in [0.5, 0.6) is 0 Å². The smallest absolute Gasteiger partial charge is 0.253 e. The molecule has 150 valence electrons. The summed E-state index contributed by atoms with van der Waals surface area (Å²) in [6.07, 6.45) is 0. The lowest BCUT2D eigenvalue weighted by atomic mass is 9.95. The lowest BCUT2D eigenvalue weighted by Gasteiger charge is -2.11. The van der Waals surface area contributed by atoms with E-state index in [1.807, 2.05) is 43.3 Å². The molecule has 0 spiro atoms. The lowest BCUT2D eigenvalue weighted by Crippen LogP contribution is -2.43. The van der Waals surface area contributed by atoms with Crippen LogP contribution in [0.25, 0.3) is 11.1 Å². The van der Waals surface area contributed by atoms with E-state index in [2.05, 4.69) is 26.1 Å². The van der Waals surface area contributed by atoms with Crippen LogP contribution in [0, 0.1) is 11.2 Å². The Labute approximate surface area is 168 Å². The Kier molecular flexibility index (Phi) is 6.23. The highest BCUT2D eigenvalue weighted by atomic mass is 19.1. The number of guanidine groups is 2. The number of hydrogen-bond acceptors (Lipinski definition) is 4. The molecule has 3 rings (SSSR count). The third-order valence-corrected chi connectivity index (χ3v) is 4.49. The van der Waals surface area contributed by atoms with Crippen molar-refractivity contribution in [3.63, 3.8) is 0 Å². The first-order chi connectivity index (χ1) is 14.0. The number of rotatable bonds is 4. The van der Waals surface area contributed by atoms with E-state index in [0.29, 0.717) is 17.2 Å². The van der Waals surface area contributed by atoms with Gasteiger partial charge in [0.1, 0.15) is 5.82 Å². The van der Waals surface area contributed by atoms with Crippen LogP contribution in [0.2, 0.25) is 0 Å². The summed E-state index contributed by atoms with van der Waals surface area (Å²) in [4.78, 5) is 4.24. The van der Waals surface area contributed by atoms with Gasteiger partial charge in [0.15, 0.2) is 5.96 Å². The standard InChI is InChI=1S/C21H23FN6O/c1-13(15-9-10-16(17(22)11-15)14-7-5-4-6-8-14)18-12-19(29-28-18)26-21(25-3)27-20(23)24-2/h4-13H,1-3H3,(H4,23,24,25,26,27). The zero-order valence-corrected chi connectivity index (χ0v) is 16.5. The molecule has 1 aromatic heterocycles. The first-order valence-corrected chi connectivity index (χ1v) is 9.13. The van der Waals surface area contributed by atoms with Crippen molar-refractivity contribution in [3.05, 3.63) is 71.7 Å². The Balaban J connectivity index is 1.80. The summed E-state index contributed by atoms with van der Waals surface area (Å²) in [6, 6.07) is 16.3. The molecule has 3 aromatic rings. The van der Waals surface area contributed by atoms with Crippen molar-refractivity contribution >= 4 is 17.8 Å². The molecular formula is C21H23FN6O. The van der Waals surface area contributed by atoms with Gasteiger partial charge in [-0.15, -0.1) is 0 Å². The molecule has 0 fully saturated rings. The molecule has 1 atom stereocenters. The second-order valence-electron chi connectivity index (χ2n) is 6.38. The van der Waals surface area contributed by atoms with E-state index >= 15 is 0 Å². The first-order valence-electron chi connectivity index (χ1n) is 9.13. The third kappa shape index (κ3) is 4.78. The first kappa shape index (κ1) is 20.1. The maximum atomic E-state index is 14.7. The van der Waals surface area contributed by atoms with Crippen LogP contribution in [-0.4, -0.2) is 31.2 Å². The molecule has 8 heteroatoms. The molecular weight excluding hydrogens is 371 g/mol. The number of halogens is 1. The number of benzene rings is 2. The number of nitrogens with one attached hydrogen (secondary N) is 4. The summed E-state index contributed by atoms with van der Waals surface area (Å²) in [5.74, 6) is 0.227. The summed E-state index contributed by atoms with van der Waals surface area (Å²) in [7, 11) is 3.30. The van der Waals surface area contributed by atoms with Crippen LogP contribution in [0.15, 0.2) is 64.1 Å². The normalized spacial score (nSPS) is 12.3. The van der Waals surface area contributed by atoms with Gasteiger partial charge >= 0.3 is 0 Å². The van der Waals surface area contributed by atoms with Crippen LogP contribution < -0.4 is 16.0 Å². The van der Waals surface area contributed by atoms with Crippen LogP contribution in [0.1, 0.15) is 24.1 Å². The van der Waals surface area contributed by atoms with Crippen molar-refractivity contribution in [2.45, 2.75) is 12.8 Å². The molecule has 0 amide bonds. The quantitative estimate of drug-likeness (QED) is 0.400. The van der Waals surface area contributed by atoms with E-state index < -0.39 is 0 Å². The predicted molar refractivity (Wildman–Crippen MR) is 112 cm³/mol. The van der Waals surface area contributed by atoms with Gasteiger partial charge < -0.3 is 15.2 Å². The van der Waals surface area contributed by atoms with Crippen molar-refractivity contribution in [2.24, 2.45) is 4.99 Å². The van der Waals surface area contributed by atoms with Crippen LogP contribution in [0.4, 0.5) is 10.3 Å². The Morgan fingerprint density at radius 1 is 1.10 bits per heavy atom. The van der Waals surface area contributed by atoms with E-state index in [9.17, 15) is 4.39 Å². The van der Waals surface area contributed by atoms with Crippen LogP contribution >= 0.6 is 0 Å². The minimum atomic E-state index is -0.283. The van der Waals surface area contributed by atoms with Crippen molar-refractivity contribution in [1.82, 2.24) is 21.1 Å². The van der Waals surface area contributed by atoms with Gasteiger partial charge in [-0.2, -0.15) is 4.99 Å². The molecule has 0 aliphatic heterocycles. The molecule has 2 aromatic carbocycles. The van der Waals surface area contributed by atoms with E-state index in [4.69, 9.17) is 9.93 Å². The molecule has 0 saturated heterocycles. The Morgan fingerprint density at radius 3 is 2.52 bits per heavy atom. The third-order valence-electron chi connectivity index (χ3n) is 4.49. The van der Waals surface area contributed by atoms with Gasteiger partial charge in [-0.25, -0.2) is 4.39 Å². The summed E-state index contributed by atoms with van der Waals surface area (Å²) >= 11 is 0. The minimum absolute atomic E-state index is 0.0835. The fraction of sp³-hybridized carbons (Fsp3) is 0.190. The molecule has 7 nitrogen and oxygen atoms in total. The molecule has 1 unspecified atom stereocenters. The molecule has 0 aliphatic carbocycles. The van der Waals surface area contributed by atoms with Crippen molar-refractivity contribution < 1.29 is 8.91 Å². The Morgan fingerprint density at radius 2 is 1.86 bits per heavy atom. The van der Waals surface area contributed by atoms with Gasteiger partial charge in [-0.3, -0.25) is 10.7 Å². The van der Waals surface area contributed by atoms with Crippen molar-refractivity contribution in [2.75, 3.05) is 14.1 Å². The predicted octanol–water partition coefficient (Wildman–Crippen LogP) is 3.58. The Hall–Kier alpha value is -3.68. The highest BCUT2D eigenvalue weighted by Gasteiger charge is 2.16. The van der Waals surface area contributed by atoms with Gasteiger partial charge in [-0.05, 0) is 17.2 Å². The van der Waals surface area contributed by atoms with E-state index in [1.165, 1.54) is 6.07 Å². The highest BCUT2D eigenvalue weighted by Crippen LogP contribution is 2.30. The number of aliphatic imine (C=N–C) groups is 1. The van der Waals surface area contributed by atoms with Gasteiger partial charge in [-0.1, -0.05) is 54.5 Å². The number of aromatic nitrogens is 1. The topological polar surface area (TPSA) is 98.3 Å². The summed E-state index contributed by atoms with van der Waals surface area (Å²) in [6.45, 7) is 1.93. The van der Waals surface area contributed by atoms with E-state index in [1.54, 1.807) is 26.2 Å². The number of nitrogens with zero attached hydrogens (tertiary/aromatic N) is 2. The second kappa shape index (κ2) is 9.01. The molecule has 4 N–H and O–H groups in total. The summed E-state index contributed by atoms with van der Waals surface area (Å²) < 4.78 is 20.0. The van der Waals surface area contributed by atoms with E-state index in [-0.39, 0.29) is 23.6 Å². The Bertz CT molecular complexity index is 1020. The molecule has 29 heavy (non-hydrogen) atoms. The molecule has 0 aliphatic rings. The maximum absolute atomic E-state index is 14.7. The van der Waals surface area contributed by atoms with Gasteiger partial charge in [0.2, 0.25) is 5.96 Å². The maximum Gasteiger partial charge on any atom is 0.253 e. The summed E-state index contributed by atoms with van der Waals surface area (Å²) in [5.41, 5.74) is 2.81. The highest BCUT2D eigenvalue weighted by molar-refractivity contribution is 5.97. The molecule has 0 radical (unpaired) electrons. The lowest BCUT2D eigenvalue weighted by molar-refractivity contribution is 0.419. The minimum Gasteiger partial charge on any atom is -0.359 e. The van der Waals surface area contributed by atoms with Crippen molar-refractivity contribution in [3.8, 4) is 11.1 Å². The van der Waals surface area contributed by atoms with Gasteiger partial charge in [0, 0.05) is 31.6 Å². The molecule has 1 heterocycles. The fourth-order valence-corrected chi connectivity index (χ4v) is 2.80. The SMILES string of the molecule is CNC(=N)NC(=Nc1cc(C(C)c2ccc(-c3ccccc3)c(F)c2)no1)NC. The van der Waals surface area contributed by atoms with E-state index in [0.717, 1.165) is 11.1 Å². The average molecular weight is 394 g/mol. The fourth-order valence-electron chi connectivity index (χ4n) is 2.80. The van der Waals surface area contributed by atoms with Gasteiger partial charge in [0.25, 0.3) is 5.88 Å². The largest absolute Gasteiger partial charge is 0.359 e. The average Bonchev–Trinajstić information content (AvgIpc) is 3.21. The zero-order chi connectivity index (χ0) is 20.8. The van der Waals surface area contributed by atoms with Crippen molar-refractivity contribution in [1.29, 1.82) is 5.41 Å². The summed E-state index contributed by atoms with van der Waals surface area (Å²) in [5, 5.41) is 19.9. The molecule has 0 saturated carbocycles. The van der Waals surface area contributed by atoms with Gasteiger partial charge in [0.05, 0.1) is 5.69 Å².